The van der Waals surface area contributed by atoms with E-state index in [1.165, 1.54) is 6.42 Å². The normalized spacial score (nSPS) is 36.7. The Hall–Kier alpha value is -0.360. The first-order valence-corrected chi connectivity index (χ1v) is 18.4. The second-order valence-electron chi connectivity index (χ2n) is 19.7. The van der Waals surface area contributed by atoms with E-state index in [1.54, 1.807) is 0 Å². The van der Waals surface area contributed by atoms with Crippen LogP contribution < -0.4 is 0 Å². The van der Waals surface area contributed by atoms with Gasteiger partial charge in [0, 0.05) is 39.2 Å². The topological polar surface area (TPSA) is 98.1 Å². The molecule has 3 heterocycles. The van der Waals surface area contributed by atoms with Gasteiger partial charge in [-0.15, -0.1) is 0 Å². The van der Waals surface area contributed by atoms with E-state index in [9.17, 15) is 15.3 Å². The number of aliphatic hydroxyl groups is 3. The molecule has 3 unspecified atom stereocenters. The summed E-state index contributed by atoms with van der Waals surface area (Å²) < 4.78 is 0. The Morgan fingerprint density at radius 1 is 0.457 bits per heavy atom. The third-order valence-electron chi connectivity index (χ3n) is 12.1. The third kappa shape index (κ3) is 6.85. The SMILES string of the molecule is CC1(C)CC(O)CC(C)(C)N1OC1CCC2CCCCC2C1(ON1C(C)(C)CC(O)CC1(C)C)ON1C(C)(C)CC(O)CC1(C)C. The molecule has 2 saturated carbocycles. The molecule has 5 fully saturated rings. The predicted molar refractivity (Wildman–Crippen MR) is 180 cm³/mol. The Morgan fingerprint density at radius 2 is 0.804 bits per heavy atom. The van der Waals surface area contributed by atoms with Crippen LogP contribution >= 0.6 is 0 Å². The van der Waals surface area contributed by atoms with E-state index in [-0.39, 0.29) is 12.0 Å². The third-order valence-corrected chi connectivity index (χ3v) is 12.1. The fraction of sp³-hybridized carbons (Fsp3) is 1.00. The van der Waals surface area contributed by atoms with Crippen molar-refractivity contribution in [3.05, 3.63) is 0 Å². The number of piperidine rings is 3. The van der Waals surface area contributed by atoms with Crippen molar-refractivity contribution < 1.29 is 29.8 Å². The van der Waals surface area contributed by atoms with Crippen molar-refractivity contribution in [2.75, 3.05) is 0 Å². The van der Waals surface area contributed by atoms with Gasteiger partial charge < -0.3 is 15.3 Å². The summed E-state index contributed by atoms with van der Waals surface area (Å²) in [6.45, 7) is 26.1. The average molecular weight is 652 g/mol. The first-order valence-electron chi connectivity index (χ1n) is 18.4. The minimum absolute atomic E-state index is 0.0958. The summed E-state index contributed by atoms with van der Waals surface area (Å²) >= 11 is 0. The summed E-state index contributed by atoms with van der Waals surface area (Å²) in [4.78, 5) is 22.8. The summed E-state index contributed by atoms with van der Waals surface area (Å²) in [5, 5.41) is 39.3. The lowest BCUT2D eigenvalue weighted by Gasteiger charge is -2.64. The molecule has 46 heavy (non-hydrogen) atoms. The summed E-state index contributed by atoms with van der Waals surface area (Å²) in [6, 6.07) is 0. The van der Waals surface area contributed by atoms with Crippen molar-refractivity contribution in [3.8, 4) is 0 Å². The Bertz CT molecular complexity index is 991. The van der Waals surface area contributed by atoms with Crippen LogP contribution in [0.15, 0.2) is 0 Å². The van der Waals surface area contributed by atoms with Gasteiger partial charge in [0.2, 0.25) is 5.79 Å². The Morgan fingerprint density at radius 3 is 1.20 bits per heavy atom. The molecule has 0 aromatic carbocycles. The maximum absolute atomic E-state index is 11.0. The van der Waals surface area contributed by atoms with Gasteiger partial charge in [-0.1, -0.05) is 12.8 Å². The van der Waals surface area contributed by atoms with Crippen LogP contribution in [0.4, 0.5) is 0 Å². The van der Waals surface area contributed by atoms with E-state index in [2.05, 4.69) is 98.3 Å². The van der Waals surface area contributed by atoms with Gasteiger partial charge in [-0.2, -0.15) is 15.2 Å². The van der Waals surface area contributed by atoms with Crippen LogP contribution in [0.25, 0.3) is 0 Å². The Balaban J connectivity index is 1.67. The van der Waals surface area contributed by atoms with Crippen LogP contribution in [0.2, 0.25) is 0 Å². The van der Waals surface area contributed by atoms with E-state index < -0.39 is 57.3 Å². The molecule has 9 nitrogen and oxygen atoms in total. The zero-order valence-electron chi connectivity index (χ0n) is 31.4. The van der Waals surface area contributed by atoms with Gasteiger partial charge >= 0.3 is 0 Å². The maximum atomic E-state index is 11.0. The van der Waals surface area contributed by atoms with Gasteiger partial charge in [0.15, 0.2) is 0 Å². The highest BCUT2D eigenvalue weighted by atomic mass is 16.9. The van der Waals surface area contributed by atoms with Crippen LogP contribution in [0.5, 0.6) is 0 Å². The van der Waals surface area contributed by atoms with Gasteiger partial charge in [-0.3, -0.25) is 14.5 Å². The van der Waals surface area contributed by atoms with Gasteiger partial charge in [0.05, 0.1) is 18.3 Å². The number of aliphatic hydroxyl groups excluding tert-OH is 3. The smallest absolute Gasteiger partial charge is 0.237 e. The molecule has 5 aliphatic rings. The largest absolute Gasteiger partial charge is 0.393 e. The molecule has 3 atom stereocenters. The zero-order chi connectivity index (χ0) is 34.3. The highest BCUT2D eigenvalue weighted by Gasteiger charge is 2.64. The Labute approximate surface area is 280 Å². The van der Waals surface area contributed by atoms with Gasteiger partial charge in [0.1, 0.15) is 6.10 Å². The van der Waals surface area contributed by atoms with Crippen molar-refractivity contribution in [2.24, 2.45) is 11.8 Å². The molecule has 0 aromatic heterocycles. The van der Waals surface area contributed by atoms with Gasteiger partial charge in [0.25, 0.3) is 0 Å². The minimum Gasteiger partial charge on any atom is -0.393 e. The lowest BCUT2D eigenvalue weighted by atomic mass is 9.66. The molecule has 0 bridgehead atoms. The minimum atomic E-state index is -1.15. The number of hydrogen-bond acceptors (Lipinski definition) is 9. The number of hydroxylamine groups is 6. The van der Waals surface area contributed by atoms with E-state index in [1.807, 2.05) is 0 Å². The van der Waals surface area contributed by atoms with Crippen molar-refractivity contribution >= 4 is 0 Å². The van der Waals surface area contributed by atoms with E-state index in [4.69, 9.17) is 14.5 Å². The molecule has 2 aliphatic carbocycles. The second kappa shape index (κ2) is 12.2. The standard InChI is InChI=1S/C37H69N3O6/c1-31(2)19-26(41)20-32(3,4)38(31)44-30-18-17-25-15-13-14-16-29(25)37(30,45-39-33(5,6)21-27(42)22-34(39,7)8)46-40-35(9,10)23-28(43)24-36(40,11)12/h25-30,41-43H,13-24H2,1-12H3. The van der Waals surface area contributed by atoms with Crippen LogP contribution in [-0.2, 0) is 14.5 Å². The first-order chi connectivity index (χ1) is 20.9. The Kier molecular flexibility index (Phi) is 9.75. The monoisotopic (exact) mass is 652 g/mol. The number of nitrogens with zero attached hydrogens (tertiary/aromatic N) is 3. The van der Waals surface area contributed by atoms with Crippen LogP contribution in [0.3, 0.4) is 0 Å². The molecular formula is C37H69N3O6. The summed E-state index contributed by atoms with van der Waals surface area (Å²) in [5.41, 5.74) is -2.64. The summed E-state index contributed by atoms with van der Waals surface area (Å²) in [6.07, 6.45) is 8.33. The van der Waals surface area contributed by atoms with Crippen molar-refractivity contribution in [1.82, 2.24) is 15.2 Å². The summed E-state index contributed by atoms with van der Waals surface area (Å²) in [7, 11) is 0. The van der Waals surface area contributed by atoms with Crippen molar-refractivity contribution in [2.45, 2.75) is 224 Å². The number of rotatable bonds is 6. The average Bonchev–Trinajstić information content (AvgIpc) is 2.84. The quantitative estimate of drug-likeness (QED) is 0.279. The van der Waals surface area contributed by atoms with E-state index in [0.717, 1.165) is 32.1 Å². The molecule has 0 amide bonds. The number of fused-ring (bicyclic) bond motifs is 1. The molecule has 0 aromatic rings. The highest BCUT2D eigenvalue weighted by Crippen LogP contribution is 2.55. The molecule has 268 valence electrons. The molecule has 0 spiro atoms. The lowest BCUT2D eigenvalue weighted by molar-refractivity contribution is -0.524. The van der Waals surface area contributed by atoms with Gasteiger partial charge in [-0.25, -0.2) is 0 Å². The zero-order valence-corrected chi connectivity index (χ0v) is 31.4. The lowest BCUT2D eigenvalue weighted by Crippen LogP contribution is -2.74. The fourth-order valence-corrected chi connectivity index (χ4v) is 11.1. The maximum Gasteiger partial charge on any atom is 0.237 e. The van der Waals surface area contributed by atoms with Crippen molar-refractivity contribution in [3.63, 3.8) is 0 Å². The second-order valence-corrected chi connectivity index (χ2v) is 19.7. The van der Waals surface area contributed by atoms with Crippen LogP contribution in [0, 0.1) is 11.8 Å². The number of hydrogen-bond donors (Lipinski definition) is 3. The fourth-order valence-electron chi connectivity index (χ4n) is 11.1. The highest BCUT2D eigenvalue weighted by molar-refractivity contribution is 5.05. The van der Waals surface area contributed by atoms with E-state index in [0.29, 0.717) is 44.4 Å². The molecule has 9 heteroatoms. The van der Waals surface area contributed by atoms with E-state index >= 15 is 0 Å². The molecule has 0 radical (unpaired) electrons. The van der Waals surface area contributed by atoms with Crippen LogP contribution in [0.1, 0.15) is 160 Å². The molecule has 3 saturated heterocycles. The predicted octanol–water partition coefficient (Wildman–Crippen LogP) is 6.49. The summed E-state index contributed by atoms with van der Waals surface area (Å²) in [5.74, 6) is -0.612. The van der Waals surface area contributed by atoms with Gasteiger partial charge in [-0.05, 0) is 153 Å². The first kappa shape index (κ1) is 36.9. The molecule has 3 aliphatic heterocycles. The molecule has 5 rings (SSSR count). The van der Waals surface area contributed by atoms with Crippen molar-refractivity contribution in [1.29, 1.82) is 0 Å². The molecular weight excluding hydrogens is 582 g/mol. The molecule has 3 N–H and O–H groups in total. The van der Waals surface area contributed by atoms with Crippen LogP contribution in [-0.4, -0.2) is 93.9 Å².